The molecular weight excluding hydrogens is 475 g/mol. The first-order chi connectivity index (χ1) is 14.2. The fraction of sp³-hybridized carbons (Fsp3) is 0.667. The van der Waals surface area contributed by atoms with Crippen molar-refractivity contribution in [3.8, 4) is 0 Å². The van der Waals surface area contributed by atoms with Crippen molar-refractivity contribution in [2.24, 2.45) is 0 Å². The zero-order chi connectivity index (χ0) is 23.7. The predicted molar refractivity (Wildman–Crippen MR) is 146 cm³/mol. The second kappa shape index (κ2) is 10.6. The van der Waals surface area contributed by atoms with E-state index in [1.54, 1.807) is 0 Å². The molecule has 176 valence electrons. The Morgan fingerprint density at radius 3 is 1.32 bits per heavy atom. The molecule has 0 fully saturated rings. The second-order valence-corrected chi connectivity index (χ2v) is 22.5. The van der Waals surface area contributed by atoms with Gasteiger partial charge in [0, 0.05) is 22.9 Å². The molecule has 7 heteroatoms. The van der Waals surface area contributed by atoms with Crippen LogP contribution in [0.1, 0.15) is 53.4 Å². The third kappa shape index (κ3) is 7.05. The summed E-state index contributed by atoms with van der Waals surface area (Å²) < 4.78 is 13.2. The van der Waals surface area contributed by atoms with Gasteiger partial charge in [-0.2, -0.15) is 0 Å². The van der Waals surface area contributed by atoms with Gasteiger partial charge in [0.1, 0.15) is 0 Å². The zero-order valence-corrected chi connectivity index (χ0v) is 26.2. The van der Waals surface area contributed by atoms with E-state index in [1.807, 2.05) is 0 Å². The highest BCUT2D eigenvalue weighted by molar-refractivity contribution is 6.70. The normalized spacial score (nSPS) is 20.9. The Morgan fingerprint density at radius 2 is 1.06 bits per heavy atom. The smallest absolute Gasteiger partial charge is 0.184 e. The highest BCUT2D eigenvalue weighted by Crippen LogP contribution is 2.44. The Labute approximate surface area is 205 Å². The fourth-order valence-electron chi connectivity index (χ4n) is 4.72. The van der Waals surface area contributed by atoms with Gasteiger partial charge in [-0.05, 0) is 87.5 Å². The second-order valence-electron chi connectivity index (χ2n) is 10.9. The van der Waals surface area contributed by atoms with Gasteiger partial charge in [0.2, 0.25) is 0 Å². The first-order valence-electron chi connectivity index (χ1n) is 11.7. The van der Waals surface area contributed by atoms with E-state index in [-0.39, 0.29) is 12.2 Å². The summed E-state index contributed by atoms with van der Waals surface area (Å²) in [6.07, 6.45) is 3.94. The number of hydrogen-bond acceptors (Lipinski definition) is 2. The molecule has 31 heavy (non-hydrogen) atoms. The average Bonchev–Trinajstić information content (AvgIpc) is 3.04. The van der Waals surface area contributed by atoms with Crippen LogP contribution in [0.15, 0.2) is 42.7 Å². The number of halogens is 2. The van der Waals surface area contributed by atoms with Crippen molar-refractivity contribution < 1.29 is 8.85 Å². The van der Waals surface area contributed by atoms with Crippen molar-refractivity contribution in [1.29, 1.82) is 0 Å². The van der Waals surface area contributed by atoms with Crippen LogP contribution in [-0.2, 0) is 8.85 Å². The Balaban J connectivity index is 2.42. The summed E-state index contributed by atoms with van der Waals surface area (Å²) in [5, 5.41) is 4.76. The van der Waals surface area contributed by atoms with Gasteiger partial charge < -0.3 is 8.85 Å². The van der Waals surface area contributed by atoms with Crippen molar-refractivity contribution in [3.63, 3.8) is 0 Å². The lowest BCUT2D eigenvalue weighted by atomic mass is 10.0. The summed E-state index contributed by atoms with van der Waals surface area (Å²) >= 11 is 13.8. The Morgan fingerprint density at radius 1 is 0.742 bits per heavy atom. The minimum atomic E-state index is -1.67. The molecule has 0 aromatic rings. The molecule has 0 heterocycles. The van der Waals surface area contributed by atoms with Crippen LogP contribution < -0.4 is 0 Å². The van der Waals surface area contributed by atoms with Crippen LogP contribution in [0.5, 0.6) is 0 Å². The van der Waals surface area contributed by atoms with Crippen molar-refractivity contribution in [3.05, 3.63) is 42.7 Å². The molecular formula is C24H42Cl2O2Si3. The molecule has 2 aliphatic carbocycles. The molecule has 0 amide bonds. The van der Waals surface area contributed by atoms with Gasteiger partial charge in [-0.25, -0.2) is 0 Å². The van der Waals surface area contributed by atoms with Crippen LogP contribution in [0.4, 0.5) is 0 Å². The molecule has 0 spiro atoms. The monoisotopic (exact) mass is 516 g/mol. The Hall–Kier alpha value is 0.111. The van der Waals surface area contributed by atoms with Gasteiger partial charge in [-0.3, -0.25) is 0 Å². The average molecular weight is 518 g/mol. The van der Waals surface area contributed by atoms with Crippen LogP contribution in [0.25, 0.3) is 0 Å². The summed E-state index contributed by atoms with van der Waals surface area (Å²) in [5.74, 6) is 0. The predicted octanol–water partition coefficient (Wildman–Crippen LogP) is 7.76. The van der Waals surface area contributed by atoms with Crippen molar-refractivity contribution in [2.45, 2.75) is 105 Å². The van der Waals surface area contributed by atoms with Crippen LogP contribution in [-0.4, -0.2) is 38.4 Å². The minimum absolute atomic E-state index is 0.139. The Kier molecular flexibility index (Phi) is 9.34. The lowest BCUT2D eigenvalue weighted by molar-refractivity contribution is 0.227. The van der Waals surface area contributed by atoms with Crippen LogP contribution >= 0.6 is 23.2 Å². The molecule has 0 saturated carbocycles. The van der Waals surface area contributed by atoms with Gasteiger partial charge in [-0.1, -0.05) is 48.2 Å². The Bertz CT molecular complexity index is 759. The van der Waals surface area contributed by atoms with Gasteiger partial charge in [0.25, 0.3) is 0 Å². The summed E-state index contributed by atoms with van der Waals surface area (Å²) in [7, 11) is -4.19. The molecule has 2 rings (SSSR count). The standard InChI is InChI=1S/C24H42Cl2O2Si3/c1-11-19(27-30(5,6)7)21-15(3)13-17(25)23(21)29-24-18(26)14-16(4)22(24)20(12-2)28-31(8,9)10/h19-20H,11-14,29H2,1-10H3. The van der Waals surface area contributed by atoms with E-state index in [9.17, 15) is 0 Å². The first-order valence-corrected chi connectivity index (χ1v) is 20.7. The summed E-state index contributed by atoms with van der Waals surface area (Å²) in [5.41, 5.74) is 5.50. The van der Waals surface area contributed by atoms with Crippen LogP contribution in [0.2, 0.25) is 39.3 Å². The maximum Gasteiger partial charge on any atom is 0.184 e. The molecule has 2 aliphatic rings. The molecule has 0 aromatic carbocycles. The van der Waals surface area contributed by atoms with Gasteiger partial charge >= 0.3 is 0 Å². The van der Waals surface area contributed by atoms with E-state index >= 15 is 0 Å². The minimum Gasteiger partial charge on any atom is -0.411 e. The summed E-state index contributed by atoms with van der Waals surface area (Å²) in [6.45, 7) is 22.5. The molecule has 0 N–H and O–H groups in total. The molecule has 0 radical (unpaired) electrons. The lowest BCUT2D eigenvalue weighted by Crippen LogP contribution is -2.35. The van der Waals surface area contributed by atoms with Crippen molar-refractivity contribution in [2.75, 3.05) is 0 Å². The summed E-state index contributed by atoms with van der Waals surface area (Å²) in [6, 6.07) is 0. The first kappa shape index (κ1) is 27.4. The van der Waals surface area contributed by atoms with Gasteiger partial charge in [-0.15, -0.1) is 0 Å². The molecule has 0 saturated heterocycles. The van der Waals surface area contributed by atoms with Crippen LogP contribution in [0.3, 0.4) is 0 Å². The van der Waals surface area contributed by atoms with Gasteiger partial charge in [0.05, 0.1) is 21.7 Å². The maximum atomic E-state index is 6.89. The third-order valence-electron chi connectivity index (χ3n) is 5.80. The number of hydrogen-bond donors (Lipinski definition) is 0. The molecule has 0 aliphatic heterocycles. The topological polar surface area (TPSA) is 18.5 Å². The maximum absolute atomic E-state index is 6.89. The lowest BCUT2D eigenvalue weighted by Gasteiger charge is -2.31. The highest BCUT2D eigenvalue weighted by atomic mass is 35.5. The van der Waals surface area contributed by atoms with E-state index in [1.165, 1.54) is 32.7 Å². The van der Waals surface area contributed by atoms with E-state index < -0.39 is 26.2 Å². The molecule has 2 unspecified atom stereocenters. The highest BCUT2D eigenvalue weighted by Gasteiger charge is 2.35. The van der Waals surface area contributed by atoms with E-state index in [4.69, 9.17) is 32.1 Å². The third-order valence-corrected chi connectivity index (χ3v) is 11.3. The van der Waals surface area contributed by atoms with E-state index in [2.05, 4.69) is 67.0 Å². The molecule has 2 atom stereocenters. The molecule has 2 nitrogen and oxygen atoms in total. The number of rotatable bonds is 10. The molecule has 0 bridgehead atoms. The SMILES string of the molecule is CCC(O[Si](C)(C)C)C1=C(C)CC(Cl)=C1[SiH2]C1=C(Cl)CC(C)=C1C(CC)O[Si](C)(C)C. The van der Waals surface area contributed by atoms with E-state index in [0.717, 1.165) is 35.7 Å². The molecule has 0 aromatic heterocycles. The summed E-state index contributed by atoms with van der Waals surface area (Å²) in [4.78, 5) is 0. The largest absolute Gasteiger partial charge is 0.411 e. The van der Waals surface area contributed by atoms with Crippen molar-refractivity contribution in [1.82, 2.24) is 0 Å². The zero-order valence-electron chi connectivity index (χ0n) is 21.3. The fourth-order valence-corrected chi connectivity index (χ4v) is 10.4. The van der Waals surface area contributed by atoms with E-state index in [0.29, 0.717) is 0 Å². The van der Waals surface area contributed by atoms with Crippen LogP contribution in [0, 0.1) is 0 Å². The quantitative estimate of drug-likeness (QED) is 0.276. The van der Waals surface area contributed by atoms with Gasteiger partial charge in [0.15, 0.2) is 16.6 Å². The number of allylic oxidation sites excluding steroid dienone is 4. The van der Waals surface area contributed by atoms with Crippen molar-refractivity contribution >= 4 is 49.4 Å².